The van der Waals surface area contributed by atoms with Gasteiger partial charge in [0.05, 0.1) is 12.3 Å². The number of aromatic nitrogens is 3. The number of nitrogens with one attached hydrogen (secondary N) is 1. The van der Waals surface area contributed by atoms with E-state index in [1.165, 1.54) is 0 Å². The molecule has 5 nitrogen and oxygen atoms in total. The molecule has 1 aromatic heterocycles. The van der Waals surface area contributed by atoms with E-state index in [1.807, 2.05) is 0 Å². The van der Waals surface area contributed by atoms with Gasteiger partial charge in [-0.05, 0) is 0 Å². The van der Waals surface area contributed by atoms with Crippen LogP contribution in [0.25, 0.3) is 0 Å². The zero-order valence-corrected chi connectivity index (χ0v) is 5.99. The lowest BCUT2D eigenvalue weighted by molar-refractivity contribution is -0.273. The van der Waals surface area contributed by atoms with Crippen LogP contribution in [0.1, 0.15) is 12.1 Å². The van der Waals surface area contributed by atoms with E-state index in [2.05, 4.69) is 15.4 Å². The smallest absolute Gasteiger partial charge is 0.101 e. The molecule has 1 aliphatic rings. The van der Waals surface area contributed by atoms with Gasteiger partial charge in [0.1, 0.15) is 6.10 Å². The molecule has 0 aromatic carbocycles. The molecule has 0 amide bonds. The van der Waals surface area contributed by atoms with Crippen molar-refractivity contribution in [1.82, 2.24) is 15.4 Å². The molecule has 1 N–H and O–H groups in total. The van der Waals surface area contributed by atoms with Crippen LogP contribution < -0.4 is 0 Å². The fraction of sp³-hybridized carbons (Fsp3) is 0.667. The molecular formula is C6H9N3O2. The van der Waals surface area contributed by atoms with Crippen LogP contribution in [0.2, 0.25) is 0 Å². The second-order valence-electron chi connectivity index (χ2n) is 2.50. The SMILES string of the molecule is c1[nH]nnc1CC1CCOO1. The van der Waals surface area contributed by atoms with Gasteiger partial charge in [0, 0.05) is 19.0 Å². The molecule has 1 aliphatic heterocycles. The van der Waals surface area contributed by atoms with Crippen molar-refractivity contribution in [2.24, 2.45) is 0 Å². The van der Waals surface area contributed by atoms with Crippen LogP contribution in [0.4, 0.5) is 0 Å². The van der Waals surface area contributed by atoms with E-state index in [9.17, 15) is 0 Å². The minimum Gasteiger partial charge on any atom is -0.265 e. The van der Waals surface area contributed by atoms with Crippen molar-refractivity contribution < 1.29 is 9.78 Å². The lowest BCUT2D eigenvalue weighted by Gasteiger charge is -2.01. The first-order valence-electron chi connectivity index (χ1n) is 3.59. The van der Waals surface area contributed by atoms with Crippen LogP contribution in [0.15, 0.2) is 6.20 Å². The number of rotatable bonds is 2. The lowest BCUT2D eigenvalue weighted by Crippen LogP contribution is -2.08. The molecule has 1 atom stereocenters. The summed E-state index contributed by atoms with van der Waals surface area (Å²) < 4.78 is 0. The van der Waals surface area contributed by atoms with Gasteiger partial charge in [0.25, 0.3) is 0 Å². The molecule has 1 saturated heterocycles. The Balaban J connectivity index is 1.90. The Labute approximate surface area is 63.6 Å². The number of aromatic amines is 1. The molecule has 0 radical (unpaired) electrons. The van der Waals surface area contributed by atoms with E-state index in [0.29, 0.717) is 6.61 Å². The summed E-state index contributed by atoms with van der Waals surface area (Å²) in [6, 6.07) is 0. The number of nitrogens with zero attached hydrogens (tertiary/aromatic N) is 2. The highest BCUT2D eigenvalue weighted by Gasteiger charge is 2.18. The average molecular weight is 155 g/mol. The Kier molecular flexibility index (Phi) is 1.83. The quantitative estimate of drug-likeness (QED) is 0.614. The zero-order valence-electron chi connectivity index (χ0n) is 5.99. The first-order chi connectivity index (χ1) is 5.45. The minimum absolute atomic E-state index is 0.153. The maximum Gasteiger partial charge on any atom is 0.101 e. The van der Waals surface area contributed by atoms with E-state index in [0.717, 1.165) is 18.5 Å². The van der Waals surface area contributed by atoms with Gasteiger partial charge in [0.2, 0.25) is 0 Å². The summed E-state index contributed by atoms with van der Waals surface area (Å²) in [6.45, 7) is 0.683. The Bertz CT molecular complexity index is 206. The average Bonchev–Trinajstić information content (AvgIpc) is 2.60. The maximum absolute atomic E-state index is 4.94. The van der Waals surface area contributed by atoms with Gasteiger partial charge < -0.3 is 0 Å². The molecule has 0 spiro atoms. The summed E-state index contributed by atoms with van der Waals surface area (Å²) in [6.07, 6.45) is 3.63. The van der Waals surface area contributed by atoms with E-state index in [4.69, 9.17) is 9.78 Å². The molecular weight excluding hydrogens is 146 g/mol. The monoisotopic (exact) mass is 155 g/mol. The molecule has 2 heterocycles. The van der Waals surface area contributed by atoms with Crippen LogP contribution in [0, 0.1) is 0 Å². The van der Waals surface area contributed by atoms with Gasteiger partial charge in [0.15, 0.2) is 0 Å². The first kappa shape index (κ1) is 6.75. The summed E-state index contributed by atoms with van der Waals surface area (Å²) >= 11 is 0. The summed E-state index contributed by atoms with van der Waals surface area (Å²) in [7, 11) is 0. The van der Waals surface area contributed by atoms with Crippen LogP contribution in [0.5, 0.6) is 0 Å². The number of H-pyrrole nitrogens is 1. The van der Waals surface area contributed by atoms with Crippen molar-refractivity contribution in [3.8, 4) is 0 Å². The van der Waals surface area contributed by atoms with Gasteiger partial charge in [-0.3, -0.25) is 5.10 Å². The molecule has 1 fully saturated rings. The van der Waals surface area contributed by atoms with Gasteiger partial charge in [-0.1, -0.05) is 5.21 Å². The first-order valence-corrected chi connectivity index (χ1v) is 3.59. The Hall–Kier alpha value is -0.940. The van der Waals surface area contributed by atoms with Gasteiger partial charge in [-0.15, -0.1) is 5.10 Å². The highest BCUT2D eigenvalue weighted by Crippen LogP contribution is 2.12. The van der Waals surface area contributed by atoms with Crippen molar-refractivity contribution in [1.29, 1.82) is 0 Å². The Morgan fingerprint density at radius 1 is 1.73 bits per heavy atom. The third kappa shape index (κ3) is 1.55. The van der Waals surface area contributed by atoms with E-state index >= 15 is 0 Å². The number of hydrogen-bond donors (Lipinski definition) is 1. The highest BCUT2D eigenvalue weighted by atomic mass is 17.2. The van der Waals surface area contributed by atoms with Crippen molar-refractivity contribution in [2.45, 2.75) is 18.9 Å². The highest BCUT2D eigenvalue weighted by molar-refractivity contribution is 4.93. The molecule has 11 heavy (non-hydrogen) atoms. The third-order valence-electron chi connectivity index (χ3n) is 1.63. The topological polar surface area (TPSA) is 60.0 Å². The van der Waals surface area contributed by atoms with Crippen molar-refractivity contribution in [3.05, 3.63) is 11.9 Å². The number of hydrogen-bond acceptors (Lipinski definition) is 4. The van der Waals surface area contributed by atoms with Crippen LogP contribution in [-0.2, 0) is 16.2 Å². The van der Waals surface area contributed by atoms with E-state index < -0.39 is 0 Å². The summed E-state index contributed by atoms with van der Waals surface area (Å²) in [4.78, 5) is 9.69. The molecule has 0 aliphatic carbocycles. The summed E-state index contributed by atoms with van der Waals surface area (Å²) in [5.41, 5.74) is 0.917. The van der Waals surface area contributed by atoms with Crippen molar-refractivity contribution >= 4 is 0 Å². The van der Waals surface area contributed by atoms with Gasteiger partial charge >= 0.3 is 0 Å². The van der Waals surface area contributed by atoms with Crippen LogP contribution in [-0.4, -0.2) is 28.1 Å². The third-order valence-corrected chi connectivity index (χ3v) is 1.63. The molecule has 60 valence electrons. The predicted octanol–water partition coefficient (Wildman–Crippen LogP) is 0.0677. The molecule has 0 bridgehead atoms. The van der Waals surface area contributed by atoms with Crippen molar-refractivity contribution in [3.63, 3.8) is 0 Å². The fourth-order valence-corrected chi connectivity index (χ4v) is 1.07. The van der Waals surface area contributed by atoms with E-state index in [1.54, 1.807) is 6.20 Å². The predicted molar refractivity (Wildman–Crippen MR) is 35.5 cm³/mol. The van der Waals surface area contributed by atoms with Crippen molar-refractivity contribution in [2.75, 3.05) is 6.61 Å². The fourth-order valence-electron chi connectivity index (χ4n) is 1.07. The van der Waals surface area contributed by atoms with Crippen LogP contribution >= 0.6 is 0 Å². The largest absolute Gasteiger partial charge is 0.265 e. The molecule has 1 unspecified atom stereocenters. The summed E-state index contributed by atoms with van der Waals surface area (Å²) in [5.74, 6) is 0. The maximum atomic E-state index is 4.94. The second kappa shape index (κ2) is 2.98. The molecule has 2 rings (SSSR count). The minimum atomic E-state index is 0.153. The Morgan fingerprint density at radius 2 is 2.73 bits per heavy atom. The van der Waals surface area contributed by atoms with Crippen LogP contribution in [0.3, 0.4) is 0 Å². The van der Waals surface area contributed by atoms with Gasteiger partial charge in [-0.25, -0.2) is 9.78 Å². The molecule has 0 saturated carbocycles. The second-order valence-corrected chi connectivity index (χ2v) is 2.50. The zero-order chi connectivity index (χ0) is 7.52. The Morgan fingerprint density at radius 3 is 3.36 bits per heavy atom. The lowest BCUT2D eigenvalue weighted by atomic mass is 10.2. The normalized spacial score (nSPS) is 24.2. The summed E-state index contributed by atoms with van der Waals surface area (Å²) in [5, 5.41) is 10.1. The molecule has 5 heteroatoms. The molecule has 1 aromatic rings. The van der Waals surface area contributed by atoms with E-state index in [-0.39, 0.29) is 6.10 Å². The van der Waals surface area contributed by atoms with Gasteiger partial charge in [-0.2, -0.15) is 0 Å². The standard InChI is InChI=1S/C6H9N3O2/c1-2-10-11-6(1)3-5-4-7-9-8-5/h4,6H,1-3H2,(H,7,8,9).